The number of hydrogen-bond donors (Lipinski definition) is 1. The van der Waals surface area contributed by atoms with Gasteiger partial charge in [-0.3, -0.25) is 9.59 Å². The number of amides is 2. The molecule has 1 aromatic rings. The second kappa shape index (κ2) is 4.62. The Balaban J connectivity index is 1.94. The van der Waals surface area contributed by atoms with Gasteiger partial charge in [0, 0.05) is 6.54 Å². The zero-order valence-electron chi connectivity index (χ0n) is 11.9. The van der Waals surface area contributed by atoms with Gasteiger partial charge in [0.05, 0.1) is 0 Å². The molecule has 4 heteroatoms. The minimum atomic E-state index is -0.489. The van der Waals surface area contributed by atoms with E-state index in [1.54, 1.807) is 11.8 Å². The van der Waals surface area contributed by atoms with Crippen molar-refractivity contribution in [2.45, 2.75) is 38.8 Å². The van der Waals surface area contributed by atoms with Crippen molar-refractivity contribution in [3.8, 4) is 0 Å². The molecular formula is C16H20N2O2. The summed E-state index contributed by atoms with van der Waals surface area (Å²) in [6.45, 7) is 4.60. The SMILES string of the molecule is CC1NC(=O)C(c2ccccc2)N(CC2(C)CC2)C1=O. The van der Waals surface area contributed by atoms with Gasteiger partial charge in [0.2, 0.25) is 11.8 Å². The van der Waals surface area contributed by atoms with Gasteiger partial charge in [-0.05, 0) is 30.7 Å². The third-order valence-electron chi connectivity index (χ3n) is 4.34. The third-order valence-corrected chi connectivity index (χ3v) is 4.34. The number of carbonyl (C=O) groups excluding carboxylic acids is 2. The van der Waals surface area contributed by atoms with Crippen LogP contribution in [0.5, 0.6) is 0 Å². The number of benzene rings is 1. The zero-order valence-corrected chi connectivity index (χ0v) is 11.9. The van der Waals surface area contributed by atoms with E-state index in [-0.39, 0.29) is 17.2 Å². The minimum Gasteiger partial charge on any atom is -0.342 e. The van der Waals surface area contributed by atoms with Crippen LogP contribution in [-0.4, -0.2) is 29.3 Å². The highest BCUT2D eigenvalue weighted by molar-refractivity contribution is 5.97. The van der Waals surface area contributed by atoms with Crippen LogP contribution < -0.4 is 5.32 Å². The summed E-state index contributed by atoms with van der Waals surface area (Å²) in [7, 11) is 0. The average molecular weight is 272 g/mol. The number of hydrogen-bond acceptors (Lipinski definition) is 2. The van der Waals surface area contributed by atoms with E-state index in [0.717, 1.165) is 18.4 Å². The number of rotatable bonds is 3. The Morgan fingerprint density at radius 1 is 1.25 bits per heavy atom. The van der Waals surface area contributed by atoms with Crippen molar-refractivity contribution in [2.75, 3.05) is 6.54 Å². The molecule has 1 aliphatic carbocycles. The van der Waals surface area contributed by atoms with Crippen molar-refractivity contribution >= 4 is 11.8 Å². The van der Waals surface area contributed by atoms with Crippen LogP contribution in [0.15, 0.2) is 30.3 Å². The summed E-state index contributed by atoms with van der Waals surface area (Å²) in [6.07, 6.45) is 2.27. The van der Waals surface area contributed by atoms with E-state index in [1.807, 2.05) is 30.3 Å². The van der Waals surface area contributed by atoms with Crippen LogP contribution in [-0.2, 0) is 9.59 Å². The lowest BCUT2D eigenvalue weighted by Gasteiger charge is -2.39. The Kier molecular flexibility index (Phi) is 3.04. The van der Waals surface area contributed by atoms with E-state index in [9.17, 15) is 9.59 Å². The molecule has 20 heavy (non-hydrogen) atoms. The Morgan fingerprint density at radius 3 is 2.50 bits per heavy atom. The van der Waals surface area contributed by atoms with Crippen molar-refractivity contribution in [1.82, 2.24) is 10.2 Å². The first kappa shape index (κ1) is 13.2. The molecule has 0 aromatic heterocycles. The van der Waals surface area contributed by atoms with E-state index >= 15 is 0 Å². The van der Waals surface area contributed by atoms with Gasteiger partial charge in [0.1, 0.15) is 12.1 Å². The van der Waals surface area contributed by atoms with Crippen molar-refractivity contribution in [3.63, 3.8) is 0 Å². The van der Waals surface area contributed by atoms with Gasteiger partial charge >= 0.3 is 0 Å². The first-order chi connectivity index (χ1) is 9.50. The smallest absolute Gasteiger partial charge is 0.248 e. The minimum absolute atomic E-state index is 0.0200. The molecule has 2 atom stereocenters. The molecule has 2 fully saturated rings. The van der Waals surface area contributed by atoms with Gasteiger partial charge in [0.25, 0.3) is 0 Å². The summed E-state index contributed by atoms with van der Waals surface area (Å²) in [5.74, 6) is -0.0564. The summed E-state index contributed by atoms with van der Waals surface area (Å²) in [6, 6.07) is 8.64. The summed E-state index contributed by atoms with van der Waals surface area (Å²) >= 11 is 0. The van der Waals surface area contributed by atoms with Crippen LogP contribution in [0.25, 0.3) is 0 Å². The Morgan fingerprint density at radius 2 is 1.90 bits per heavy atom. The van der Waals surface area contributed by atoms with Crippen LogP contribution in [0.2, 0.25) is 0 Å². The molecular weight excluding hydrogens is 252 g/mol. The monoisotopic (exact) mass is 272 g/mol. The molecule has 1 N–H and O–H groups in total. The summed E-state index contributed by atoms with van der Waals surface area (Å²) in [4.78, 5) is 26.6. The standard InChI is InChI=1S/C16H20N2O2/c1-11-15(20)18(10-16(2)8-9-16)13(14(19)17-11)12-6-4-3-5-7-12/h3-7,11,13H,8-10H2,1-2H3,(H,17,19). The Bertz CT molecular complexity index is 537. The number of nitrogens with one attached hydrogen (secondary N) is 1. The lowest BCUT2D eigenvalue weighted by atomic mass is 9.97. The molecule has 0 bridgehead atoms. The van der Waals surface area contributed by atoms with Crippen LogP contribution in [0, 0.1) is 5.41 Å². The predicted molar refractivity (Wildman–Crippen MR) is 75.8 cm³/mol. The molecule has 1 saturated carbocycles. The molecule has 3 rings (SSSR count). The molecule has 106 valence electrons. The zero-order chi connectivity index (χ0) is 14.3. The summed E-state index contributed by atoms with van der Waals surface area (Å²) < 4.78 is 0. The third kappa shape index (κ3) is 2.30. The lowest BCUT2D eigenvalue weighted by molar-refractivity contribution is -0.150. The molecule has 1 aromatic carbocycles. The molecule has 0 spiro atoms. The van der Waals surface area contributed by atoms with Gasteiger partial charge in [-0.15, -0.1) is 0 Å². The van der Waals surface area contributed by atoms with Crippen molar-refractivity contribution in [1.29, 1.82) is 0 Å². The molecule has 1 saturated heterocycles. The largest absolute Gasteiger partial charge is 0.342 e. The Labute approximate surface area is 119 Å². The van der Waals surface area contributed by atoms with E-state index in [1.165, 1.54) is 0 Å². The molecule has 2 amide bonds. The van der Waals surface area contributed by atoms with Crippen LogP contribution >= 0.6 is 0 Å². The fourth-order valence-corrected chi connectivity index (χ4v) is 2.79. The van der Waals surface area contributed by atoms with Gasteiger partial charge in [-0.25, -0.2) is 0 Å². The first-order valence-electron chi connectivity index (χ1n) is 7.16. The highest BCUT2D eigenvalue weighted by Gasteiger charge is 2.46. The van der Waals surface area contributed by atoms with Crippen molar-refractivity contribution in [3.05, 3.63) is 35.9 Å². The maximum Gasteiger partial charge on any atom is 0.248 e. The molecule has 4 nitrogen and oxygen atoms in total. The van der Waals surface area contributed by atoms with E-state index in [0.29, 0.717) is 6.54 Å². The van der Waals surface area contributed by atoms with Crippen molar-refractivity contribution in [2.24, 2.45) is 5.41 Å². The van der Waals surface area contributed by atoms with Gasteiger partial charge in [-0.2, -0.15) is 0 Å². The van der Waals surface area contributed by atoms with E-state index in [2.05, 4.69) is 12.2 Å². The summed E-state index contributed by atoms with van der Waals surface area (Å²) in [5.41, 5.74) is 1.08. The maximum absolute atomic E-state index is 12.5. The molecule has 1 aliphatic heterocycles. The second-order valence-corrected chi connectivity index (χ2v) is 6.32. The Hall–Kier alpha value is -1.84. The quantitative estimate of drug-likeness (QED) is 0.913. The highest BCUT2D eigenvalue weighted by atomic mass is 16.2. The van der Waals surface area contributed by atoms with Crippen LogP contribution in [0.1, 0.15) is 38.3 Å². The van der Waals surface area contributed by atoms with E-state index < -0.39 is 12.1 Å². The molecule has 2 unspecified atom stereocenters. The normalized spacial score (nSPS) is 28.2. The maximum atomic E-state index is 12.5. The topological polar surface area (TPSA) is 49.4 Å². The predicted octanol–water partition coefficient (Wildman–Crippen LogP) is 1.87. The van der Waals surface area contributed by atoms with Gasteiger partial charge < -0.3 is 10.2 Å². The van der Waals surface area contributed by atoms with Crippen LogP contribution in [0.3, 0.4) is 0 Å². The second-order valence-electron chi connectivity index (χ2n) is 6.32. The molecule has 1 heterocycles. The lowest BCUT2D eigenvalue weighted by Crippen LogP contribution is -2.59. The fraction of sp³-hybridized carbons (Fsp3) is 0.500. The van der Waals surface area contributed by atoms with Gasteiger partial charge in [0.15, 0.2) is 0 Å². The fourth-order valence-electron chi connectivity index (χ4n) is 2.79. The highest BCUT2D eigenvalue weighted by Crippen LogP contribution is 2.47. The van der Waals surface area contributed by atoms with E-state index in [4.69, 9.17) is 0 Å². The number of nitrogens with zero attached hydrogens (tertiary/aromatic N) is 1. The van der Waals surface area contributed by atoms with Crippen molar-refractivity contribution < 1.29 is 9.59 Å². The van der Waals surface area contributed by atoms with Crippen LogP contribution in [0.4, 0.5) is 0 Å². The van der Waals surface area contributed by atoms with Gasteiger partial charge in [-0.1, -0.05) is 37.3 Å². The number of carbonyl (C=O) groups is 2. The number of piperazine rings is 1. The molecule has 2 aliphatic rings. The summed E-state index contributed by atoms with van der Waals surface area (Å²) in [5, 5.41) is 2.78. The average Bonchev–Trinajstić information content (AvgIpc) is 3.15. The molecule has 0 radical (unpaired) electrons. The first-order valence-corrected chi connectivity index (χ1v) is 7.16.